The summed E-state index contributed by atoms with van der Waals surface area (Å²) in [7, 11) is 0. The van der Waals surface area contributed by atoms with E-state index in [4.69, 9.17) is 23.2 Å². The SMILES string of the molecule is Cc1cccc2cc(/C=N\NC(=O)c3cc(-c4ccc(F)cc4)nc(-c4ccc(Cl)cc4)c3)c(Cl)nc12. The highest BCUT2D eigenvalue weighted by Crippen LogP contribution is 2.26. The van der Waals surface area contributed by atoms with Crippen molar-refractivity contribution in [2.75, 3.05) is 0 Å². The number of carbonyl (C=O) groups is 1. The number of hydrazone groups is 1. The van der Waals surface area contributed by atoms with Gasteiger partial charge in [-0.25, -0.2) is 19.8 Å². The number of rotatable bonds is 5. The summed E-state index contributed by atoms with van der Waals surface area (Å²) in [5.41, 5.74) is 7.79. The molecule has 8 heteroatoms. The zero-order chi connectivity index (χ0) is 25.9. The van der Waals surface area contributed by atoms with E-state index in [2.05, 4.69) is 20.5 Å². The Morgan fingerprint density at radius 3 is 2.22 bits per heavy atom. The number of aryl methyl sites for hydroxylation is 1. The fraction of sp³-hybridized carbons (Fsp3) is 0.0345. The zero-order valence-electron chi connectivity index (χ0n) is 19.5. The standard InChI is InChI=1S/C29H19Cl2FN4O/c1-17-3-2-4-20-13-22(28(31)35-27(17)20)16-33-36-29(37)21-14-25(18-5-9-23(30)10-6-18)34-26(15-21)19-7-11-24(32)12-8-19/h2-16H,1H3,(H,36,37)/b33-16-. The van der Waals surface area contributed by atoms with Crippen LogP contribution in [-0.2, 0) is 0 Å². The average Bonchev–Trinajstić information content (AvgIpc) is 2.90. The van der Waals surface area contributed by atoms with Crippen molar-refractivity contribution >= 4 is 46.2 Å². The number of hydrogen-bond acceptors (Lipinski definition) is 4. The molecule has 0 aliphatic carbocycles. The van der Waals surface area contributed by atoms with Crippen LogP contribution in [0.1, 0.15) is 21.5 Å². The molecular weight excluding hydrogens is 510 g/mol. The lowest BCUT2D eigenvalue weighted by Crippen LogP contribution is -2.18. The van der Waals surface area contributed by atoms with Crippen molar-refractivity contribution in [3.05, 3.63) is 118 Å². The van der Waals surface area contributed by atoms with Crippen LogP contribution in [0.25, 0.3) is 33.4 Å². The molecule has 0 aliphatic heterocycles. The topological polar surface area (TPSA) is 67.2 Å². The van der Waals surface area contributed by atoms with Crippen LogP contribution in [0, 0.1) is 12.7 Å². The molecule has 0 fully saturated rings. The van der Waals surface area contributed by atoms with E-state index in [9.17, 15) is 9.18 Å². The van der Waals surface area contributed by atoms with Gasteiger partial charge in [-0.3, -0.25) is 4.79 Å². The maximum atomic E-state index is 13.5. The quantitative estimate of drug-likeness (QED) is 0.146. The first-order valence-electron chi connectivity index (χ1n) is 11.3. The van der Waals surface area contributed by atoms with E-state index in [1.807, 2.05) is 43.3 Å². The van der Waals surface area contributed by atoms with Crippen LogP contribution in [0.3, 0.4) is 0 Å². The summed E-state index contributed by atoms with van der Waals surface area (Å²) >= 11 is 12.4. The van der Waals surface area contributed by atoms with Crippen molar-refractivity contribution in [2.45, 2.75) is 6.92 Å². The molecule has 0 radical (unpaired) electrons. The molecule has 0 spiro atoms. The molecule has 2 heterocycles. The molecule has 5 nitrogen and oxygen atoms in total. The number of carbonyl (C=O) groups excluding carboxylic acids is 1. The summed E-state index contributed by atoms with van der Waals surface area (Å²) in [6.07, 6.45) is 1.46. The van der Waals surface area contributed by atoms with Gasteiger partial charge in [-0.05, 0) is 67.1 Å². The fourth-order valence-corrected chi connectivity index (χ4v) is 4.17. The number of amides is 1. The number of hydrogen-bond donors (Lipinski definition) is 1. The van der Waals surface area contributed by atoms with Crippen LogP contribution in [0.4, 0.5) is 4.39 Å². The highest BCUT2D eigenvalue weighted by molar-refractivity contribution is 6.32. The molecule has 1 N–H and O–H groups in total. The second-order valence-corrected chi connectivity index (χ2v) is 9.15. The van der Waals surface area contributed by atoms with Gasteiger partial charge in [0.2, 0.25) is 0 Å². The molecule has 182 valence electrons. The number of nitrogens with zero attached hydrogens (tertiary/aromatic N) is 3. The maximum Gasteiger partial charge on any atom is 0.271 e. The Kier molecular flexibility index (Phi) is 6.95. The van der Waals surface area contributed by atoms with Gasteiger partial charge < -0.3 is 0 Å². The van der Waals surface area contributed by atoms with Gasteiger partial charge in [0, 0.05) is 32.7 Å². The third kappa shape index (κ3) is 5.50. The van der Waals surface area contributed by atoms with Gasteiger partial charge in [-0.1, -0.05) is 53.5 Å². The van der Waals surface area contributed by atoms with E-state index >= 15 is 0 Å². The van der Waals surface area contributed by atoms with Crippen molar-refractivity contribution < 1.29 is 9.18 Å². The largest absolute Gasteiger partial charge is 0.271 e. The van der Waals surface area contributed by atoms with E-state index in [1.165, 1.54) is 18.3 Å². The number of pyridine rings is 2. The van der Waals surface area contributed by atoms with Crippen LogP contribution in [0.2, 0.25) is 10.2 Å². The Hall–Kier alpha value is -4.13. The Labute approximate surface area is 222 Å². The summed E-state index contributed by atoms with van der Waals surface area (Å²) in [6.45, 7) is 1.97. The molecule has 0 aliphatic rings. The molecule has 5 aromatic rings. The molecule has 0 atom stereocenters. The lowest BCUT2D eigenvalue weighted by molar-refractivity contribution is 0.0955. The van der Waals surface area contributed by atoms with Gasteiger partial charge >= 0.3 is 0 Å². The Balaban J connectivity index is 1.46. The minimum Gasteiger partial charge on any atom is -0.267 e. The highest BCUT2D eigenvalue weighted by Gasteiger charge is 2.13. The van der Waals surface area contributed by atoms with Gasteiger partial charge in [0.1, 0.15) is 11.0 Å². The third-order valence-corrected chi connectivity index (χ3v) is 6.32. The van der Waals surface area contributed by atoms with E-state index in [-0.39, 0.29) is 11.0 Å². The molecule has 0 saturated heterocycles. The zero-order valence-corrected chi connectivity index (χ0v) is 21.1. The van der Waals surface area contributed by atoms with Crippen LogP contribution >= 0.6 is 23.2 Å². The molecule has 2 aromatic heterocycles. The maximum absolute atomic E-state index is 13.5. The summed E-state index contributed by atoms with van der Waals surface area (Å²) in [6, 6.07) is 24.0. The van der Waals surface area contributed by atoms with Gasteiger partial charge in [0.25, 0.3) is 5.91 Å². The number of benzene rings is 3. The monoisotopic (exact) mass is 528 g/mol. The van der Waals surface area contributed by atoms with Crippen molar-refractivity contribution in [1.82, 2.24) is 15.4 Å². The summed E-state index contributed by atoms with van der Waals surface area (Å²) in [5, 5.41) is 5.89. The number of nitrogens with one attached hydrogen (secondary N) is 1. The molecule has 0 saturated carbocycles. The summed E-state index contributed by atoms with van der Waals surface area (Å²) in [5.74, 6) is -0.806. The molecular formula is C29H19Cl2FN4O. The van der Waals surface area contributed by atoms with Crippen LogP contribution in [0.15, 0.2) is 90.0 Å². The smallest absolute Gasteiger partial charge is 0.267 e. The number of para-hydroxylation sites is 1. The lowest BCUT2D eigenvalue weighted by atomic mass is 10.0. The summed E-state index contributed by atoms with van der Waals surface area (Å²) < 4.78 is 13.5. The van der Waals surface area contributed by atoms with Gasteiger partial charge in [-0.2, -0.15) is 5.10 Å². The summed E-state index contributed by atoms with van der Waals surface area (Å²) in [4.78, 5) is 22.2. The van der Waals surface area contributed by atoms with Crippen LogP contribution < -0.4 is 5.43 Å². The average molecular weight is 529 g/mol. The first-order valence-corrected chi connectivity index (χ1v) is 12.1. The lowest BCUT2D eigenvalue weighted by Gasteiger charge is -2.09. The molecule has 1 amide bonds. The molecule has 0 bridgehead atoms. The van der Waals surface area contributed by atoms with Gasteiger partial charge in [-0.15, -0.1) is 0 Å². The molecule has 37 heavy (non-hydrogen) atoms. The first kappa shape index (κ1) is 24.6. The number of aromatic nitrogens is 2. The minimum absolute atomic E-state index is 0.285. The van der Waals surface area contributed by atoms with E-state index in [0.717, 1.165) is 22.0 Å². The van der Waals surface area contributed by atoms with Crippen molar-refractivity contribution in [2.24, 2.45) is 5.10 Å². The van der Waals surface area contributed by atoms with Crippen LogP contribution in [0.5, 0.6) is 0 Å². The predicted octanol–water partition coefficient (Wildman–Crippen LogP) is 7.48. The number of halogens is 3. The Morgan fingerprint density at radius 2 is 1.54 bits per heavy atom. The second-order valence-electron chi connectivity index (χ2n) is 8.35. The molecule has 0 unspecified atom stereocenters. The highest BCUT2D eigenvalue weighted by atomic mass is 35.5. The molecule has 5 rings (SSSR count). The first-order chi connectivity index (χ1) is 17.9. The van der Waals surface area contributed by atoms with Gasteiger partial charge in [0.15, 0.2) is 0 Å². The van der Waals surface area contributed by atoms with E-state index in [1.54, 1.807) is 36.4 Å². The van der Waals surface area contributed by atoms with Crippen molar-refractivity contribution in [1.29, 1.82) is 0 Å². The Bertz CT molecular complexity index is 1590. The Morgan fingerprint density at radius 1 is 0.892 bits per heavy atom. The van der Waals surface area contributed by atoms with Gasteiger partial charge in [0.05, 0.1) is 23.1 Å². The second kappa shape index (κ2) is 10.5. The number of fused-ring (bicyclic) bond motifs is 1. The minimum atomic E-state index is -0.446. The molecule has 3 aromatic carbocycles. The van der Waals surface area contributed by atoms with E-state index in [0.29, 0.717) is 33.1 Å². The van der Waals surface area contributed by atoms with Crippen LogP contribution in [-0.4, -0.2) is 22.1 Å². The fourth-order valence-electron chi connectivity index (χ4n) is 3.85. The van der Waals surface area contributed by atoms with Crippen molar-refractivity contribution in [3.63, 3.8) is 0 Å². The normalized spacial score (nSPS) is 11.2. The van der Waals surface area contributed by atoms with E-state index < -0.39 is 5.91 Å². The third-order valence-electron chi connectivity index (χ3n) is 5.77. The predicted molar refractivity (Wildman–Crippen MR) is 147 cm³/mol. The van der Waals surface area contributed by atoms with Crippen molar-refractivity contribution in [3.8, 4) is 22.5 Å².